The first-order valence-electron chi connectivity index (χ1n) is 4.56. The lowest BCUT2D eigenvalue weighted by Gasteiger charge is -2.24. The minimum Gasteiger partial charge on any atom is -0.297 e. The second-order valence-electron chi connectivity index (χ2n) is 3.39. The number of nitrogens with one attached hydrogen (secondary N) is 1. The Balaban J connectivity index is 2.24. The first kappa shape index (κ1) is 7.80. The van der Waals surface area contributed by atoms with Crippen LogP contribution in [0.4, 0.5) is 0 Å². The van der Waals surface area contributed by atoms with Crippen molar-refractivity contribution in [3.05, 3.63) is 17.0 Å². The van der Waals surface area contributed by atoms with Crippen LogP contribution in [-0.2, 0) is 13.0 Å². The Labute approximate surface area is 72.8 Å². The normalized spacial score (nSPS) is 17.8. The van der Waals surface area contributed by atoms with Gasteiger partial charge < -0.3 is 0 Å². The SMILES string of the molecule is CCN1CCc2c(n[nH]c2C)C1. The van der Waals surface area contributed by atoms with Gasteiger partial charge >= 0.3 is 0 Å². The third kappa shape index (κ3) is 1.14. The highest BCUT2D eigenvalue weighted by molar-refractivity contribution is 5.26. The third-order valence-corrected chi connectivity index (χ3v) is 2.66. The molecule has 0 unspecified atom stereocenters. The Bertz CT molecular complexity index is 277. The van der Waals surface area contributed by atoms with E-state index < -0.39 is 0 Å². The van der Waals surface area contributed by atoms with Gasteiger partial charge in [0.25, 0.3) is 0 Å². The van der Waals surface area contributed by atoms with Crippen LogP contribution in [-0.4, -0.2) is 28.2 Å². The van der Waals surface area contributed by atoms with Gasteiger partial charge in [0.1, 0.15) is 0 Å². The molecule has 0 amide bonds. The summed E-state index contributed by atoms with van der Waals surface area (Å²) in [6.45, 7) is 7.64. The second-order valence-corrected chi connectivity index (χ2v) is 3.39. The van der Waals surface area contributed by atoms with Gasteiger partial charge in [-0.05, 0) is 25.5 Å². The molecule has 0 spiro atoms. The van der Waals surface area contributed by atoms with Crippen LogP contribution in [0.25, 0.3) is 0 Å². The molecule has 1 N–H and O–H groups in total. The average molecular weight is 165 g/mol. The summed E-state index contributed by atoms with van der Waals surface area (Å²) in [7, 11) is 0. The molecular formula is C9H15N3. The number of rotatable bonds is 1. The van der Waals surface area contributed by atoms with Gasteiger partial charge in [0.2, 0.25) is 0 Å². The second kappa shape index (κ2) is 2.90. The number of hydrogen-bond acceptors (Lipinski definition) is 2. The Morgan fingerprint density at radius 3 is 3.17 bits per heavy atom. The molecule has 0 atom stereocenters. The van der Waals surface area contributed by atoms with Crippen molar-refractivity contribution >= 4 is 0 Å². The minimum atomic E-state index is 1.02. The van der Waals surface area contributed by atoms with Gasteiger partial charge in [-0.1, -0.05) is 6.92 Å². The number of nitrogens with zero attached hydrogens (tertiary/aromatic N) is 2. The molecule has 0 aromatic carbocycles. The van der Waals surface area contributed by atoms with Crippen LogP contribution >= 0.6 is 0 Å². The van der Waals surface area contributed by atoms with Crippen LogP contribution in [0.2, 0.25) is 0 Å². The number of aromatic amines is 1. The predicted molar refractivity (Wildman–Crippen MR) is 48.0 cm³/mol. The zero-order chi connectivity index (χ0) is 8.55. The zero-order valence-corrected chi connectivity index (χ0v) is 7.72. The summed E-state index contributed by atoms with van der Waals surface area (Å²) < 4.78 is 0. The molecule has 3 nitrogen and oxygen atoms in total. The Morgan fingerprint density at radius 1 is 1.58 bits per heavy atom. The van der Waals surface area contributed by atoms with Crippen LogP contribution in [0.3, 0.4) is 0 Å². The molecule has 0 saturated heterocycles. The number of aromatic nitrogens is 2. The van der Waals surface area contributed by atoms with E-state index in [2.05, 4.69) is 28.9 Å². The summed E-state index contributed by atoms with van der Waals surface area (Å²) in [5, 5.41) is 7.33. The van der Waals surface area contributed by atoms with Crippen molar-refractivity contribution in [1.82, 2.24) is 15.1 Å². The average Bonchev–Trinajstić information content (AvgIpc) is 2.47. The first-order valence-corrected chi connectivity index (χ1v) is 4.56. The lowest BCUT2D eigenvalue weighted by atomic mass is 10.1. The van der Waals surface area contributed by atoms with Crippen molar-refractivity contribution < 1.29 is 0 Å². The van der Waals surface area contributed by atoms with Gasteiger partial charge in [-0.3, -0.25) is 10.00 Å². The van der Waals surface area contributed by atoms with Crippen molar-refractivity contribution in [2.75, 3.05) is 13.1 Å². The molecule has 1 aliphatic rings. The summed E-state index contributed by atoms with van der Waals surface area (Å²) in [6, 6.07) is 0. The first-order chi connectivity index (χ1) is 5.81. The van der Waals surface area contributed by atoms with Gasteiger partial charge in [0.15, 0.2) is 0 Å². The largest absolute Gasteiger partial charge is 0.297 e. The molecule has 2 rings (SSSR count). The third-order valence-electron chi connectivity index (χ3n) is 2.66. The molecule has 1 aromatic rings. The van der Waals surface area contributed by atoms with Crippen molar-refractivity contribution in [1.29, 1.82) is 0 Å². The molecule has 2 heterocycles. The van der Waals surface area contributed by atoms with E-state index in [1.807, 2.05) is 0 Å². The monoisotopic (exact) mass is 165 g/mol. The lowest BCUT2D eigenvalue weighted by molar-refractivity contribution is 0.264. The minimum absolute atomic E-state index is 1.02. The topological polar surface area (TPSA) is 31.9 Å². The van der Waals surface area contributed by atoms with E-state index in [9.17, 15) is 0 Å². The van der Waals surface area contributed by atoms with Crippen LogP contribution in [0.5, 0.6) is 0 Å². The van der Waals surface area contributed by atoms with Crippen molar-refractivity contribution in [2.24, 2.45) is 0 Å². The highest BCUT2D eigenvalue weighted by Gasteiger charge is 2.18. The molecule has 0 fully saturated rings. The lowest BCUT2D eigenvalue weighted by Crippen LogP contribution is -2.30. The maximum atomic E-state index is 4.29. The number of aryl methyl sites for hydroxylation is 1. The fraction of sp³-hybridized carbons (Fsp3) is 0.667. The fourth-order valence-corrected chi connectivity index (χ4v) is 1.80. The summed E-state index contributed by atoms with van der Waals surface area (Å²) in [6.07, 6.45) is 1.16. The molecule has 66 valence electrons. The van der Waals surface area contributed by atoms with E-state index in [1.54, 1.807) is 0 Å². The molecule has 1 aromatic heterocycles. The Kier molecular flexibility index (Phi) is 1.89. The van der Waals surface area contributed by atoms with E-state index in [4.69, 9.17) is 0 Å². The van der Waals surface area contributed by atoms with Crippen LogP contribution in [0.15, 0.2) is 0 Å². The maximum absolute atomic E-state index is 4.29. The zero-order valence-electron chi connectivity index (χ0n) is 7.72. The Morgan fingerprint density at radius 2 is 2.42 bits per heavy atom. The number of likely N-dealkylation sites (N-methyl/N-ethyl adjacent to an activating group) is 1. The van der Waals surface area contributed by atoms with Crippen molar-refractivity contribution in [3.63, 3.8) is 0 Å². The molecule has 0 radical (unpaired) electrons. The predicted octanol–water partition coefficient (Wildman–Crippen LogP) is 1.10. The molecule has 3 heteroatoms. The van der Waals surface area contributed by atoms with Crippen LogP contribution < -0.4 is 0 Å². The quantitative estimate of drug-likeness (QED) is 0.675. The molecule has 0 aliphatic carbocycles. The van der Waals surface area contributed by atoms with E-state index in [-0.39, 0.29) is 0 Å². The van der Waals surface area contributed by atoms with E-state index >= 15 is 0 Å². The smallest absolute Gasteiger partial charge is 0.0797 e. The van der Waals surface area contributed by atoms with Gasteiger partial charge in [-0.2, -0.15) is 5.10 Å². The number of H-pyrrole nitrogens is 1. The summed E-state index contributed by atoms with van der Waals surface area (Å²) >= 11 is 0. The van der Waals surface area contributed by atoms with Gasteiger partial charge in [-0.25, -0.2) is 0 Å². The van der Waals surface area contributed by atoms with Crippen molar-refractivity contribution in [3.8, 4) is 0 Å². The highest BCUT2D eigenvalue weighted by Crippen LogP contribution is 2.18. The van der Waals surface area contributed by atoms with Gasteiger partial charge in [0.05, 0.1) is 5.69 Å². The molecule has 1 aliphatic heterocycles. The summed E-state index contributed by atoms with van der Waals surface area (Å²) in [5.74, 6) is 0. The number of hydrogen-bond donors (Lipinski definition) is 1. The Hall–Kier alpha value is -0.830. The number of fused-ring (bicyclic) bond motifs is 1. The van der Waals surface area contributed by atoms with Crippen molar-refractivity contribution in [2.45, 2.75) is 26.8 Å². The van der Waals surface area contributed by atoms with Gasteiger partial charge in [0, 0.05) is 18.8 Å². The highest BCUT2D eigenvalue weighted by atomic mass is 15.2. The van der Waals surface area contributed by atoms with Crippen LogP contribution in [0, 0.1) is 6.92 Å². The maximum Gasteiger partial charge on any atom is 0.0797 e. The summed E-state index contributed by atoms with van der Waals surface area (Å²) in [5.41, 5.74) is 3.95. The molecule has 0 bridgehead atoms. The van der Waals surface area contributed by atoms with E-state index in [0.717, 1.165) is 19.5 Å². The standard InChI is InChI=1S/C9H15N3/c1-3-12-5-4-8-7(2)10-11-9(8)6-12/h3-6H2,1-2H3,(H,10,11). The molecule has 0 saturated carbocycles. The van der Waals surface area contributed by atoms with E-state index in [0.29, 0.717) is 0 Å². The van der Waals surface area contributed by atoms with E-state index in [1.165, 1.54) is 23.5 Å². The van der Waals surface area contributed by atoms with Gasteiger partial charge in [-0.15, -0.1) is 0 Å². The van der Waals surface area contributed by atoms with Crippen LogP contribution in [0.1, 0.15) is 23.9 Å². The summed E-state index contributed by atoms with van der Waals surface area (Å²) in [4.78, 5) is 2.42. The molecule has 12 heavy (non-hydrogen) atoms. The fourth-order valence-electron chi connectivity index (χ4n) is 1.80. The molecular weight excluding hydrogens is 150 g/mol.